The van der Waals surface area contributed by atoms with Crippen LogP contribution in [0.2, 0.25) is 0 Å². The lowest BCUT2D eigenvalue weighted by molar-refractivity contribution is -0.679. The molecule has 0 aliphatic heterocycles. The van der Waals surface area contributed by atoms with E-state index in [9.17, 15) is 0 Å². The number of aromatic amines is 1. The SMILES string of the molecule is CCCCCCCCC[C@H](CCCCCC)c1[nH]cc[n+]1C. The number of aromatic nitrogens is 2. The van der Waals surface area contributed by atoms with Crippen LogP contribution in [-0.2, 0) is 7.05 Å². The molecule has 1 aromatic rings. The van der Waals surface area contributed by atoms with E-state index in [4.69, 9.17) is 0 Å². The fourth-order valence-corrected chi connectivity index (χ4v) is 3.41. The fourth-order valence-electron chi connectivity index (χ4n) is 3.41. The Labute approximate surface area is 138 Å². The van der Waals surface area contributed by atoms with E-state index >= 15 is 0 Å². The van der Waals surface area contributed by atoms with Gasteiger partial charge in [0.1, 0.15) is 12.4 Å². The van der Waals surface area contributed by atoms with Crippen molar-refractivity contribution in [3.8, 4) is 0 Å². The summed E-state index contributed by atoms with van der Waals surface area (Å²) in [6.45, 7) is 4.58. The molecule has 0 saturated carbocycles. The Balaban J connectivity index is 2.28. The van der Waals surface area contributed by atoms with E-state index in [1.54, 1.807) is 0 Å². The number of nitrogens with one attached hydrogen (secondary N) is 1. The summed E-state index contributed by atoms with van der Waals surface area (Å²) in [7, 11) is 2.18. The summed E-state index contributed by atoms with van der Waals surface area (Å²) < 4.78 is 2.28. The van der Waals surface area contributed by atoms with Crippen LogP contribution in [0.15, 0.2) is 12.4 Å². The van der Waals surface area contributed by atoms with Gasteiger partial charge in [-0.05, 0) is 12.8 Å². The number of aryl methyl sites for hydroxylation is 1. The highest BCUT2D eigenvalue weighted by Gasteiger charge is 2.20. The smallest absolute Gasteiger partial charge is 0.247 e. The van der Waals surface area contributed by atoms with Crippen LogP contribution in [0, 0.1) is 0 Å². The van der Waals surface area contributed by atoms with E-state index in [0.717, 1.165) is 5.92 Å². The van der Waals surface area contributed by atoms with E-state index in [2.05, 4.69) is 42.8 Å². The normalized spacial score (nSPS) is 12.7. The molecular weight excluding hydrogens is 268 g/mol. The van der Waals surface area contributed by atoms with Crippen molar-refractivity contribution in [1.29, 1.82) is 0 Å². The Morgan fingerprint density at radius 1 is 0.818 bits per heavy atom. The van der Waals surface area contributed by atoms with Crippen LogP contribution in [0.1, 0.15) is 109 Å². The molecule has 0 amide bonds. The van der Waals surface area contributed by atoms with Crippen LogP contribution in [0.4, 0.5) is 0 Å². The van der Waals surface area contributed by atoms with Gasteiger partial charge in [0.15, 0.2) is 0 Å². The zero-order valence-electron chi connectivity index (χ0n) is 15.4. The van der Waals surface area contributed by atoms with Crippen LogP contribution in [0.3, 0.4) is 0 Å². The second kappa shape index (κ2) is 12.7. The number of hydrogen-bond acceptors (Lipinski definition) is 0. The molecule has 1 rings (SSSR count). The molecule has 0 aliphatic carbocycles. The van der Waals surface area contributed by atoms with Crippen molar-refractivity contribution in [2.24, 2.45) is 7.05 Å². The molecule has 0 radical (unpaired) electrons. The Morgan fingerprint density at radius 2 is 1.32 bits per heavy atom. The standard InChI is InChI=1S/C20H38N2/c1-4-6-8-10-11-12-14-16-19(15-13-9-7-5-2)20-21-17-18-22(20)3/h17-19H,4-16H2,1-3H3/p+1/t19-/m0/s1. The van der Waals surface area contributed by atoms with Gasteiger partial charge in [0.05, 0.1) is 13.0 Å². The van der Waals surface area contributed by atoms with Gasteiger partial charge < -0.3 is 0 Å². The van der Waals surface area contributed by atoms with E-state index in [-0.39, 0.29) is 0 Å². The summed E-state index contributed by atoms with van der Waals surface area (Å²) in [6, 6.07) is 0. The van der Waals surface area contributed by atoms with Gasteiger partial charge in [-0.2, -0.15) is 0 Å². The van der Waals surface area contributed by atoms with Gasteiger partial charge in [0.25, 0.3) is 5.82 Å². The molecule has 0 fully saturated rings. The maximum atomic E-state index is 3.48. The Morgan fingerprint density at radius 3 is 1.82 bits per heavy atom. The third kappa shape index (κ3) is 8.00. The molecule has 0 saturated heterocycles. The molecule has 2 nitrogen and oxygen atoms in total. The minimum atomic E-state index is 0.729. The van der Waals surface area contributed by atoms with Gasteiger partial charge in [0.2, 0.25) is 0 Å². The maximum Gasteiger partial charge on any atom is 0.257 e. The number of imidazole rings is 1. The lowest BCUT2D eigenvalue weighted by atomic mass is 9.93. The molecule has 0 unspecified atom stereocenters. The van der Waals surface area contributed by atoms with Gasteiger partial charge in [-0.25, -0.2) is 9.55 Å². The summed E-state index contributed by atoms with van der Waals surface area (Å²) in [6.07, 6.45) is 22.3. The van der Waals surface area contributed by atoms with Crippen LogP contribution >= 0.6 is 0 Å². The molecule has 0 spiro atoms. The number of hydrogen-bond donors (Lipinski definition) is 1. The molecule has 1 N–H and O–H groups in total. The topological polar surface area (TPSA) is 19.7 Å². The number of H-pyrrole nitrogens is 1. The lowest BCUT2D eigenvalue weighted by Crippen LogP contribution is -2.32. The molecule has 128 valence electrons. The third-order valence-corrected chi connectivity index (χ3v) is 4.86. The van der Waals surface area contributed by atoms with Crippen molar-refractivity contribution >= 4 is 0 Å². The molecule has 1 aromatic heterocycles. The maximum absolute atomic E-state index is 3.48. The molecule has 1 atom stereocenters. The second-order valence-electron chi connectivity index (χ2n) is 6.91. The first kappa shape index (κ1) is 19.3. The first-order valence-corrected chi connectivity index (χ1v) is 9.82. The highest BCUT2D eigenvalue weighted by atomic mass is 15.0. The first-order valence-electron chi connectivity index (χ1n) is 9.82. The summed E-state index contributed by atoms with van der Waals surface area (Å²) in [5.74, 6) is 2.16. The Bertz CT molecular complexity index is 356. The second-order valence-corrected chi connectivity index (χ2v) is 6.91. The molecule has 22 heavy (non-hydrogen) atoms. The van der Waals surface area contributed by atoms with Crippen molar-refractivity contribution < 1.29 is 4.57 Å². The summed E-state index contributed by atoms with van der Waals surface area (Å²) in [5, 5.41) is 0. The average molecular weight is 308 g/mol. The van der Waals surface area contributed by atoms with Crippen LogP contribution < -0.4 is 4.57 Å². The Hall–Kier alpha value is -0.790. The summed E-state index contributed by atoms with van der Waals surface area (Å²) in [4.78, 5) is 3.48. The fraction of sp³-hybridized carbons (Fsp3) is 0.850. The average Bonchev–Trinajstić information content (AvgIpc) is 2.94. The van der Waals surface area contributed by atoms with Crippen molar-refractivity contribution in [2.75, 3.05) is 0 Å². The van der Waals surface area contributed by atoms with Gasteiger partial charge >= 0.3 is 0 Å². The van der Waals surface area contributed by atoms with Gasteiger partial charge in [-0.1, -0.05) is 84.5 Å². The molecule has 0 aliphatic rings. The van der Waals surface area contributed by atoms with Gasteiger partial charge in [-0.15, -0.1) is 0 Å². The van der Waals surface area contributed by atoms with E-state index in [1.165, 1.54) is 89.3 Å². The molecular formula is C20H39N2+. The Kier molecular flexibility index (Phi) is 11.1. The molecule has 2 heteroatoms. The number of nitrogens with zero attached hydrogens (tertiary/aromatic N) is 1. The zero-order valence-corrected chi connectivity index (χ0v) is 15.4. The van der Waals surface area contributed by atoms with Crippen molar-refractivity contribution in [3.05, 3.63) is 18.2 Å². The largest absolute Gasteiger partial charge is 0.257 e. The lowest BCUT2D eigenvalue weighted by Gasteiger charge is -2.13. The van der Waals surface area contributed by atoms with Gasteiger partial charge in [0, 0.05) is 0 Å². The quantitative estimate of drug-likeness (QED) is 0.319. The highest BCUT2D eigenvalue weighted by Crippen LogP contribution is 2.25. The van der Waals surface area contributed by atoms with E-state index in [1.807, 2.05) is 0 Å². The zero-order chi connectivity index (χ0) is 16.0. The minimum Gasteiger partial charge on any atom is -0.247 e. The predicted molar refractivity (Wildman–Crippen MR) is 96.1 cm³/mol. The van der Waals surface area contributed by atoms with Crippen LogP contribution in [0.5, 0.6) is 0 Å². The van der Waals surface area contributed by atoms with Crippen LogP contribution in [-0.4, -0.2) is 4.98 Å². The third-order valence-electron chi connectivity index (χ3n) is 4.86. The number of unbranched alkanes of at least 4 members (excludes halogenated alkanes) is 9. The monoisotopic (exact) mass is 307 g/mol. The van der Waals surface area contributed by atoms with Crippen molar-refractivity contribution in [2.45, 2.75) is 103 Å². The van der Waals surface area contributed by atoms with Crippen LogP contribution in [0.25, 0.3) is 0 Å². The summed E-state index contributed by atoms with van der Waals surface area (Å²) in [5.41, 5.74) is 0. The summed E-state index contributed by atoms with van der Waals surface area (Å²) >= 11 is 0. The highest BCUT2D eigenvalue weighted by molar-refractivity contribution is 4.89. The van der Waals surface area contributed by atoms with E-state index < -0.39 is 0 Å². The minimum absolute atomic E-state index is 0.729. The molecule has 0 bridgehead atoms. The van der Waals surface area contributed by atoms with Crippen molar-refractivity contribution in [1.82, 2.24) is 4.98 Å². The number of rotatable bonds is 14. The molecule has 0 aromatic carbocycles. The van der Waals surface area contributed by atoms with Gasteiger partial charge in [-0.3, -0.25) is 0 Å². The van der Waals surface area contributed by atoms with Crippen molar-refractivity contribution in [3.63, 3.8) is 0 Å². The molecule has 1 heterocycles. The predicted octanol–water partition coefficient (Wildman–Crippen LogP) is 6.03. The van der Waals surface area contributed by atoms with E-state index in [0.29, 0.717) is 0 Å². The first-order chi connectivity index (χ1) is 10.8.